The summed E-state index contributed by atoms with van der Waals surface area (Å²) in [5, 5.41) is 18.6. The number of aliphatic hydroxyl groups excluding tert-OH is 1. The van der Waals surface area contributed by atoms with E-state index in [-0.39, 0.29) is 12.2 Å². The summed E-state index contributed by atoms with van der Waals surface area (Å²) in [6.45, 7) is 1.57. The molecule has 0 spiro atoms. The van der Waals surface area contributed by atoms with Crippen LogP contribution in [0.5, 0.6) is 5.75 Å². The normalized spacial score (nSPS) is 21.2. The van der Waals surface area contributed by atoms with Crippen LogP contribution in [-0.4, -0.2) is 35.1 Å². The Labute approximate surface area is 187 Å². The van der Waals surface area contributed by atoms with Crippen LogP contribution in [0.3, 0.4) is 0 Å². The van der Waals surface area contributed by atoms with Gasteiger partial charge in [0, 0.05) is 30.6 Å². The van der Waals surface area contributed by atoms with Crippen LogP contribution >= 0.6 is 11.6 Å². The molecular formula is C24H27ClN2O4. The van der Waals surface area contributed by atoms with Gasteiger partial charge >= 0.3 is 0 Å². The molecule has 0 bridgehead atoms. The van der Waals surface area contributed by atoms with E-state index in [1.54, 1.807) is 0 Å². The van der Waals surface area contributed by atoms with Crippen LogP contribution in [0, 0.1) is 0 Å². The van der Waals surface area contributed by atoms with Gasteiger partial charge in [-0.2, -0.15) is 0 Å². The Kier molecular flexibility index (Phi) is 7.59. The van der Waals surface area contributed by atoms with E-state index < -0.39 is 6.10 Å². The second kappa shape index (κ2) is 10.8. The van der Waals surface area contributed by atoms with E-state index in [2.05, 4.69) is 10.5 Å². The van der Waals surface area contributed by atoms with Gasteiger partial charge in [0.2, 0.25) is 0 Å². The van der Waals surface area contributed by atoms with Crippen molar-refractivity contribution >= 4 is 11.6 Å². The maximum Gasteiger partial charge on any atom is 0.174 e. The first-order chi connectivity index (χ1) is 15.2. The maximum atomic E-state index is 10.3. The number of para-hydroxylation sites is 1. The van der Waals surface area contributed by atoms with Gasteiger partial charge in [-0.15, -0.1) is 0 Å². The fraction of sp³-hybridized carbons (Fsp3) is 0.375. The third-order valence-corrected chi connectivity index (χ3v) is 5.55. The fourth-order valence-corrected chi connectivity index (χ4v) is 3.93. The van der Waals surface area contributed by atoms with Crippen molar-refractivity contribution in [3.63, 3.8) is 0 Å². The van der Waals surface area contributed by atoms with Crippen molar-refractivity contribution < 1.29 is 19.1 Å². The lowest BCUT2D eigenvalue weighted by Crippen LogP contribution is -2.45. The number of ether oxygens (including phenoxy) is 2. The van der Waals surface area contributed by atoms with Gasteiger partial charge < -0.3 is 24.4 Å². The highest BCUT2D eigenvalue weighted by Crippen LogP contribution is 2.23. The van der Waals surface area contributed by atoms with Crippen molar-refractivity contribution in [3.05, 3.63) is 82.7 Å². The minimum absolute atomic E-state index is 0.00522. The van der Waals surface area contributed by atoms with Crippen molar-refractivity contribution in [1.82, 2.24) is 10.5 Å². The highest BCUT2D eigenvalue weighted by Gasteiger charge is 2.30. The second-order valence-electron chi connectivity index (χ2n) is 7.79. The number of rotatable bonds is 9. The van der Waals surface area contributed by atoms with Crippen LogP contribution < -0.4 is 10.1 Å². The van der Waals surface area contributed by atoms with E-state index in [4.69, 9.17) is 25.6 Å². The third kappa shape index (κ3) is 6.55. The molecule has 1 aliphatic rings. The van der Waals surface area contributed by atoms with Crippen LogP contribution in [0.1, 0.15) is 29.9 Å². The fourth-order valence-electron chi connectivity index (χ4n) is 3.71. The zero-order valence-electron chi connectivity index (χ0n) is 17.2. The zero-order valence-corrected chi connectivity index (χ0v) is 18.0. The molecule has 2 heterocycles. The summed E-state index contributed by atoms with van der Waals surface area (Å²) < 4.78 is 17.2. The first-order valence-corrected chi connectivity index (χ1v) is 10.9. The summed E-state index contributed by atoms with van der Waals surface area (Å²) in [5.74, 6) is 1.47. The zero-order chi connectivity index (χ0) is 21.5. The molecule has 4 rings (SSSR count). The van der Waals surface area contributed by atoms with Gasteiger partial charge in [-0.05, 0) is 42.7 Å². The summed E-state index contributed by atoms with van der Waals surface area (Å²) in [7, 11) is 0. The van der Waals surface area contributed by atoms with Crippen LogP contribution in [0.25, 0.3) is 0 Å². The average molecular weight is 443 g/mol. The number of hydrogen-bond donors (Lipinski definition) is 2. The molecule has 1 fully saturated rings. The predicted molar refractivity (Wildman–Crippen MR) is 118 cm³/mol. The minimum atomic E-state index is -0.477. The molecule has 1 aromatic heterocycles. The van der Waals surface area contributed by atoms with Crippen LogP contribution in [0.15, 0.2) is 65.2 Å². The lowest BCUT2D eigenvalue weighted by molar-refractivity contribution is -0.115. The largest absolute Gasteiger partial charge is 0.486 e. The standard InChI is InChI=1S/C24H27ClN2O4/c25-18-6-4-5-17(11-18)14-26-15-24-23(28)10-9-21(30-24)12-19-13-22(31-27-19)16-29-20-7-2-1-3-8-20/h1-8,11,13,21,23-24,26,28H,9-10,12,14-16H2/t21-,23-,24+/m0/s1. The molecule has 3 atom stereocenters. The molecule has 31 heavy (non-hydrogen) atoms. The van der Waals surface area contributed by atoms with Gasteiger partial charge in [0.05, 0.1) is 24.0 Å². The number of nitrogens with zero attached hydrogens (tertiary/aromatic N) is 1. The van der Waals surface area contributed by atoms with E-state index in [1.165, 1.54) is 0 Å². The van der Waals surface area contributed by atoms with E-state index in [0.29, 0.717) is 38.3 Å². The molecule has 0 saturated carbocycles. The van der Waals surface area contributed by atoms with Gasteiger partial charge in [0.15, 0.2) is 5.76 Å². The van der Waals surface area contributed by atoms with Crippen molar-refractivity contribution in [3.8, 4) is 5.75 Å². The molecule has 0 radical (unpaired) electrons. The molecule has 0 unspecified atom stereocenters. The van der Waals surface area contributed by atoms with E-state index >= 15 is 0 Å². The lowest BCUT2D eigenvalue weighted by atomic mass is 9.98. The summed E-state index contributed by atoms with van der Waals surface area (Å²) in [4.78, 5) is 0. The Hall–Kier alpha value is -2.38. The van der Waals surface area contributed by atoms with Gasteiger partial charge in [0.25, 0.3) is 0 Å². The Morgan fingerprint density at radius 1 is 1.10 bits per heavy atom. The molecule has 164 valence electrons. The number of aromatic nitrogens is 1. The number of aliphatic hydroxyl groups is 1. The van der Waals surface area contributed by atoms with Crippen molar-refractivity contribution in [1.29, 1.82) is 0 Å². The smallest absolute Gasteiger partial charge is 0.174 e. The average Bonchev–Trinajstić information content (AvgIpc) is 3.22. The van der Waals surface area contributed by atoms with E-state index in [9.17, 15) is 5.11 Å². The Bertz CT molecular complexity index is 950. The molecule has 1 saturated heterocycles. The molecule has 2 N–H and O–H groups in total. The lowest BCUT2D eigenvalue weighted by Gasteiger charge is -2.34. The van der Waals surface area contributed by atoms with Gasteiger partial charge in [-0.3, -0.25) is 0 Å². The van der Waals surface area contributed by atoms with Gasteiger partial charge in [0.1, 0.15) is 12.4 Å². The second-order valence-corrected chi connectivity index (χ2v) is 8.23. The van der Waals surface area contributed by atoms with Gasteiger partial charge in [-0.25, -0.2) is 0 Å². The van der Waals surface area contributed by atoms with Crippen LogP contribution in [0.2, 0.25) is 5.02 Å². The first kappa shape index (κ1) is 21.8. The van der Waals surface area contributed by atoms with Gasteiger partial charge in [-0.1, -0.05) is 47.1 Å². The monoisotopic (exact) mass is 442 g/mol. The Morgan fingerprint density at radius 2 is 1.97 bits per heavy atom. The molecule has 0 aliphatic carbocycles. The van der Waals surface area contributed by atoms with E-state index in [1.807, 2.05) is 60.7 Å². The highest BCUT2D eigenvalue weighted by molar-refractivity contribution is 6.30. The maximum absolute atomic E-state index is 10.3. The number of hydrogen-bond acceptors (Lipinski definition) is 6. The molecule has 3 aromatic rings. The summed E-state index contributed by atoms with van der Waals surface area (Å²) >= 11 is 6.03. The summed E-state index contributed by atoms with van der Waals surface area (Å²) in [6, 6.07) is 19.2. The highest BCUT2D eigenvalue weighted by atomic mass is 35.5. The van der Waals surface area contributed by atoms with Crippen molar-refractivity contribution in [2.75, 3.05) is 6.54 Å². The van der Waals surface area contributed by atoms with E-state index in [0.717, 1.165) is 28.5 Å². The third-order valence-electron chi connectivity index (χ3n) is 5.31. The first-order valence-electron chi connectivity index (χ1n) is 10.6. The molecule has 1 aliphatic heterocycles. The number of halogens is 1. The molecular weight excluding hydrogens is 416 g/mol. The Morgan fingerprint density at radius 3 is 2.81 bits per heavy atom. The molecule has 7 heteroatoms. The summed E-state index contributed by atoms with van der Waals surface area (Å²) in [6.07, 6.45) is 1.40. The molecule has 2 aromatic carbocycles. The van der Waals surface area contributed by atoms with Crippen LogP contribution in [-0.2, 0) is 24.3 Å². The minimum Gasteiger partial charge on any atom is -0.486 e. The quantitative estimate of drug-likeness (QED) is 0.518. The predicted octanol–water partition coefficient (Wildman–Crippen LogP) is 4.15. The number of nitrogens with one attached hydrogen (secondary N) is 1. The molecule has 0 amide bonds. The van der Waals surface area contributed by atoms with Crippen LogP contribution in [0.4, 0.5) is 0 Å². The Balaban J connectivity index is 1.24. The van der Waals surface area contributed by atoms with Crippen molar-refractivity contribution in [2.24, 2.45) is 0 Å². The number of benzene rings is 2. The topological polar surface area (TPSA) is 76.8 Å². The van der Waals surface area contributed by atoms with Crippen molar-refractivity contribution in [2.45, 2.75) is 50.7 Å². The summed E-state index contributed by atoms with van der Waals surface area (Å²) in [5.41, 5.74) is 1.93. The molecule has 6 nitrogen and oxygen atoms in total. The SMILES string of the molecule is O[C@H]1CC[C@@H](Cc2cc(COc3ccccc3)on2)O[C@@H]1CNCc1cccc(Cl)c1.